The third kappa shape index (κ3) is 3.40. The second-order valence-electron chi connectivity index (χ2n) is 10.5. The first-order chi connectivity index (χ1) is 20.3. The molecule has 0 unspecified atom stereocenters. The quantitative estimate of drug-likeness (QED) is 0.204. The molecule has 0 bridgehead atoms. The first kappa shape index (κ1) is 23.0. The summed E-state index contributed by atoms with van der Waals surface area (Å²) in [5, 5.41) is 5.29. The van der Waals surface area contributed by atoms with E-state index in [9.17, 15) is 0 Å². The van der Waals surface area contributed by atoms with E-state index < -0.39 is 0 Å². The number of benzene rings is 6. The standard InChI is InChI=1S/C38H23NS2/c1-2-11-25(12-3-1)39-33-19-8-6-16-31(33)38-36(39)32-18-10-17-30(37(32)41-38)27-14-5-4-13-26(27)24-21-22-29-28-15-7-9-20-34(28)40-35(29)23-24/h1-23H. The van der Waals surface area contributed by atoms with Crippen molar-refractivity contribution in [2.45, 2.75) is 0 Å². The zero-order chi connectivity index (χ0) is 26.9. The summed E-state index contributed by atoms with van der Waals surface area (Å²) in [6.45, 7) is 0. The highest BCUT2D eigenvalue weighted by molar-refractivity contribution is 7.27. The minimum Gasteiger partial charge on any atom is -0.308 e. The summed E-state index contributed by atoms with van der Waals surface area (Å²) in [5.41, 5.74) is 8.84. The van der Waals surface area contributed by atoms with Crippen LogP contribution in [0.25, 0.3) is 79.3 Å². The summed E-state index contributed by atoms with van der Waals surface area (Å²) in [4.78, 5) is 0. The van der Waals surface area contributed by atoms with Gasteiger partial charge in [-0.25, -0.2) is 0 Å². The fraction of sp³-hybridized carbons (Fsp3) is 0. The number of fused-ring (bicyclic) bond motifs is 8. The normalized spacial score (nSPS) is 11.9. The van der Waals surface area contributed by atoms with Crippen molar-refractivity contribution in [3.8, 4) is 27.9 Å². The zero-order valence-corrected chi connectivity index (χ0v) is 23.7. The first-order valence-electron chi connectivity index (χ1n) is 13.9. The maximum Gasteiger partial charge on any atom is 0.0727 e. The monoisotopic (exact) mass is 557 g/mol. The Labute approximate surface area is 245 Å². The van der Waals surface area contributed by atoms with Crippen molar-refractivity contribution in [3.05, 3.63) is 140 Å². The number of rotatable bonds is 3. The lowest BCUT2D eigenvalue weighted by Crippen LogP contribution is -1.93. The van der Waals surface area contributed by atoms with Crippen LogP contribution in [-0.2, 0) is 0 Å². The van der Waals surface area contributed by atoms with Crippen molar-refractivity contribution in [1.82, 2.24) is 4.57 Å². The molecule has 3 heterocycles. The molecule has 3 heteroatoms. The lowest BCUT2D eigenvalue weighted by atomic mass is 9.93. The predicted octanol–water partition coefficient (Wildman–Crippen LogP) is 11.7. The van der Waals surface area contributed by atoms with E-state index in [0.717, 1.165) is 0 Å². The highest BCUT2D eigenvalue weighted by atomic mass is 32.1. The molecule has 3 aromatic heterocycles. The maximum absolute atomic E-state index is 2.44. The van der Waals surface area contributed by atoms with Gasteiger partial charge in [0.15, 0.2) is 0 Å². The number of thiophene rings is 2. The molecule has 1 nitrogen and oxygen atoms in total. The van der Waals surface area contributed by atoms with Gasteiger partial charge in [-0.3, -0.25) is 0 Å². The summed E-state index contributed by atoms with van der Waals surface area (Å²) in [5.74, 6) is 0. The molecular weight excluding hydrogens is 535 g/mol. The Morgan fingerprint density at radius 3 is 2.00 bits per heavy atom. The van der Waals surface area contributed by atoms with E-state index in [1.54, 1.807) is 0 Å². The van der Waals surface area contributed by atoms with E-state index in [0.29, 0.717) is 0 Å². The van der Waals surface area contributed by atoms with Crippen molar-refractivity contribution in [2.75, 3.05) is 0 Å². The minimum absolute atomic E-state index is 1.20. The van der Waals surface area contributed by atoms with Gasteiger partial charge in [-0.2, -0.15) is 0 Å². The maximum atomic E-state index is 2.44. The van der Waals surface area contributed by atoms with Crippen LogP contribution in [0.5, 0.6) is 0 Å². The topological polar surface area (TPSA) is 4.93 Å². The molecule has 0 fully saturated rings. The van der Waals surface area contributed by atoms with Crippen LogP contribution in [0.3, 0.4) is 0 Å². The Morgan fingerprint density at radius 2 is 1.10 bits per heavy atom. The molecule has 41 heavy (non-hydrogen) atoms. The summed E-state index contributed by atoms with van der Waals surface area (Å²) in [6.07, 6.45) is 0. The van der Waals surface area contributed by atoms with Gasteiger partial charge in [-0.1, -0.05) is 109 Å². The molecule has 9 aromatic rings. The highest BCUT2D eigenvalue weighted by Crippen LogP contribution is 2.47. The lowest BCUT2D eigenvalue weighted by molar-refractivity contribution is 1.19. The largest absolute Gasteiger partial charge is 0.308 e. The van der Waals surface area contributed by atoms with Gasteiger partial charge in [-0.15, -0.1) is 22.7 Å². The number of hydrogen-bond donors (Lipinski definition) is 0. The first-order valence-corrected chi connectivity index (χ1v) is 15.5. The van der Waals surface area contributed by atoms with Crippen molar-refractivity contribution in [2.24, 2.45) is 0 Å². The molecule has 0 aliphatic carbocycles. The van der Waals surface area contributed by atoms with Crippen LogP contribution >= 0.6 is 22.7 Å². The van der Waals surface area contributed by atoms with Gasteiger partial charge in [0.1, 0.15) is 0 Å². The van der Waals surface area contributed by atoms with E-state index in [4.69, 9.17) is 0 Å². The van der Waals surface area contributed by atoms with E-state index in [2.05, 4.69) is 144 Å². The summed E-state index contributed by atoms with van der Waals surface area (Å²) >= 11 is 3.80. The lowest BCUT2D eigenvalue weighted by Gasteiger charge is -2.12. The molecule has 0 amide bonds. The third-order valence-corrected chi connectivity index (χ3v) is 10.6. The molecule has 0 saturated heterocycles. The van der Waals surface area contributed by atoms with E-state index in [-0.39, 0.29) is 0 Å². The van der Waals surface area contributed by atoms with E-state index in [1.165, 1.54) is 79.3 Å². The molecule has 0 N–H and O–H groups in total. The van der Waals surface area contributed by atoms with Crippen LogP contribution in [0.1, 0.15) is 0 Å². The van der Waals surface area contributed by atoms with Crippen molar-refractivity contribution in [1.29, 1.82) is 0 Å². The van der Waals surface area contributed by atoms with Crippen LogP contribution in [-0.4, -0.2) is 4.57 Å². The molecule has 0 spiro atoms. The Hall–Kier alpha value is -4.70. The van der Waals surface area contributed by atoms with Crippen LogP contribution in [0.2, 0.25) is 0 Å². The number of nitrogens with zero attached hydrogens (tertiary/aromatic N) is 1. The SMILES string of the molecule is c1ccc(-n2c3ccccc3c3sc4c(-c5ccccc5-c5ccc6c(c5)sc5ccccc56)cccc4c32)cc1. The van der Waals surface area contributed by atoms with Gasteiger partial charge in [-0.05, 0) is 47.0 Å². The van der Waals surface area contributed by atoms with Gasteiger partial charge < -0.3 is 4.57 Å². The fourth-order valence-electron chi connectivity index (χ4n) is 6.41. The molecule has 0 aliphatic heterocycles. The van der Waals surface area contributed by atoms with Crippen LogP contribution in [0.4, 0.5) is 0 Å². The summed E-state index contributed by atoms with van der Waals surface area (Å²) in [6, 6.07) is 50.9. The molecule has 6 aromatic carbocycles. The number of para-hydroxylation sites is 2. The number of hydrogen-bond acceptors (Lipinski definition) is 2. The summed E-state index contributed by atoms with van der Waals surface area (Å²) < 4.78 is 7.80. The van der Waals surface area contributed by atoms with Gasteiger partial charge in [0, 0.05) is 46.9 Å². The Bertz CT molecular complexity index is 2420. The smallest absolute Gasteiger partial charge is 0.0727 e. The second-order valence-corrected chi connectivity index (χ2v) is 12.6. The van der Waals surface area contributed by atoms with Gasteiger partial charge in [0.2, 0.25) is 0 Å². The summed E-state index contributed by atoms with van der Waals surface area (Å²) in [7, 11) is 0. The van der Waals surface area contributed by atoms with Crippen molar-refractivity contribution < 1.29 is 0 Å². The molecule has 0 aliphatic rings. The highest BCUT2D eigenvalue weighted by Gasteiger charge is 2.20. The molecule has 0 saturated carbocycles. The Morgan fingerprint density at radius 1 is 0.415 bits per heavy atom. The Balaban J connectivity index is 1.30. The number of aromatic nitrogens is 1. The molecular formula is C38H23NS2. The van der Waals surface area contributed by atoms with Gasteiger partial charge in [0.05, 0.1) is 15.7 Å². The minimum atomic E-state index is 1.20. The molecule has 0 atom stereocenters. The van der Waals surface area contributed by atoms with Crippen LogP contribution in [0.15, 0.2) is 140 Å². The van der Waals surface area contributed by atoms with Crippen molar-refractivity contribution in [3.63, 3.8) is 0 Å². The molecule has 9 rings (SSSR count). The molecule has 0 radical (unpaired) electrons. The van der Waals surface area contributed by atoms with E-state index in [1.807, 2.05) is 22.7 Å². The Kier molecular flexibility index (Phi) is 5.00. The van der Waals surface area contributed by atoms with Gasteiger partial charge >= 0.3 is 0 Å². The van der Waals surface area contributed by atoms with Crippen LogP contribution < -0.4 is 0 Å². The zero-order valence-electron chi connectivity index (χ0n) is 22.0. The van der Waals surface area contributed by atoms with Crippen LogP contribution in [0, 0.1) is 0 Å². The second kappa shape index (κ2) is 8.90. The van der Waals surface area contributed by atoms with Gasteiger partial charge in [0.25, 0.3) is 0 Å². The fourth-order valence-corrected chi connectivity index (χ4v) is 8.90. The predicted molar refractivity (Wildman–Crippen MR) is 180 cm³/mol. The van der Waals surface area contributed by atoms with Crippen molar-refractivity contribution >= 4 is 74.1 Å². The average molecular weight is 558 g/mol. The average Bonchev–Trinajstić information content (AvgIpc) is 3.70. The third-order valence-electron chi connectivity index (χ3n) is 8.22. The van der Waals surface area contributed by atoms with E-state index >= 15 is 0 Å². The molecule has 192 valence electrons.